The van der Waals surface area contributed by atoms with Gasteiger partial charge in [-0.3, -0.25) is 9.59 Å². The van der Waals surface area contributed by atoms with E-state index in [2.05, 4.69) is 5.32 Å². The molecule has 1 atom stereocenters. The number of likely N-dealkylation sites (tertiary alicyclic amines) is 1. The molecule has 1 aromatic carbocycles. The molecule has 2 N–H and O–H groups in total. The molecule has 0 spiro atoms. The van der Waals surface area contributed by atoms with Gasteiger partial charge in [0.1, 0.15) is 0 Å². The van der Waals surface area contributed by atoms with Crippen molar-refractivity contribution in [3.05, 3.63) is 29.8 Å². The number of benzene rings is 1. The topological polar surface area (TPSA) is 90.0 Å². The number of aliphatic carboxylic acids is 1. The van der Waals surface area contributed by atoms with Gasteiger partial charge in [-0.2, -0.15) is 0 Å². The number of carboxylic acids is 1. The third-order valence-corrected chi connectivity index (χ3v) is 4.50. The van der Waals surface area contributed by atoms with E-state index in [4.69, 9.17) is 5.11 Å². The molecule has 1 heterocycles. The molecular weight excluding hydrogens is 322 g/mol. The predicted molar refractivity (Wildman–Crippen MR) is 94.4 cm³/mol. The van der Waals surface area contributed by atoms with Gasteiger partial charge in [0.05, 0.1) is 12.3 Å². The minimum atomic E-state index is -0.863. The number of amides is 3. The van der Waals surface area contributed by atoms with Crippen molar-refractivity contribution in [1.29, 1.82) is 0 Å². The van der Waals surface area contributed by atoms with E-state index in [0.29, 0.717) is 38.2 Å². The smallest absolute Gasteiger partial charge is 0.321 e. The first-order valence-corrected chi connectivity index (χ1v) is 8.60. The number of likely N-dealkylation sites (N-methyl/N-ethyl adjacent to an activating group) is 1. The van der Waals surface area contributed by atoms with Gasteiger partial charge in [0.15, 0.2) is 0 Å². The predicted octanol–water partition coefficient (Wildman–Crippen LogP) is 2.04. The normalized spacial score (nSPS) is 16.6. The van der Waals surface area contributed by atoms with Gasteiger partial charge in [-0.1, -0.05) is 12.1 Å². The molecule has 2 rings (SSSR count). The molecule has 136 valence electrons. The number of hydrogen-bond donors (Lipinski definition) is 2. The van der Waals surface area contributed by atoms with Crippen molar-refractivity contribution >= 4 is 23.6 Å². The second-order valence-electron chi connectivity index (χ2n) is 6.14. The lowest BCUT2D eigenvalue weighted by atomic mass is 10.1. The minimum absolute atomic E-state index is 0.0820. The molecule has 1 aromatic rings. The molecule has 1 fully saturated rings. The molecule has 1 aliphatic rings. The number of nitrogens with zero attached hydrogens (tertiary/aromatic N) is 2. The Morgan fingerprint density at radius 2 is 1.84 bits per heavy atom. The molecular formula is C18H25N3O4. The Hall–Kier alpha value is -2.57. The van der Waals surface area contributed by atoms with E-state index in [1.165, 1.54) is 4.90 Å². The fourth-order valence-corrected chi connectivity index (χ4v) is 2.92. The van der Waals surface area contributed by atoms with E-state index in [0.717, 1.165) is 5.56 Å². The summed E-state index contributed by atoms with van der Waals surface area (Å²) in [5.74, 6) is -1.27. The van der Waals surface area contributed by atoms with Gasteiger partial charge in [-0.15, -0.1) is 0 Å². The quantitative estimate of drug-likeness (QED) is 0.824. The van der Waals surface area contributed by atoms with Gasteiger partial charge in [0.2, 0.25) is 5.91 Å². The van der Waals surface area contributed by atoms with Crippen LogP contribution in [0.4, 0.5) is 10.5 Å². The molecule has 0 radical (unpaired) electrons. The van der Waals surface area contributed by atoms with E-state index in [1.54, 1.807) is 17.0 Å². The maximum atomic E-state index is 12.2. The van der Waals surface area contributed by atoms with Crippen LogP contribution in [0.3, 0.4) is 0 Å². The van der Waals surface area contributed by atoms with Crippen molar-refractivity contribution in [2.24, 2.45) is 5.92 Å². The maximum absolute atomic E-state index is 12.2. The average Bonchev–Trinajstić information content (AvgIpc) is 3.08. The van der Waals surface area contributed by atoms with Gasteiger partial charge in [-0.25, -0.2) is 4.79 Å². The van der Waals surface area contributed by atoms with Crippen LogP contribution in [0.2, 0.25) is 0 Å². The van der Waals surface area contributed by atoms with E-state index in [9.17, 15) is 14.4 Å². The van der Waals surface area contributed by atoms with Gasteiger partial charge >= 0.3 is 12.0 Å². The Balaban J connectivity index is 1.89. The Labute approximate surface area is 147 Å². The second-order valence-corrected chi connectivity index (χ2v) is 6.14. The number of carboxylic acid groups (broad SMARTS) is 1. The molecule has 1 saturated heterocycles. The highest BCUT2D eigenvalue weighted by Gasteiger charge is 2.30. The lowest BCUT2D eigenvalue weighted by Gasteiger charge is -2.19. The summed E-state index contributed by atoms with van der Waals surface area (Å²) in [4.78, 5) is 38.5. The van der Waals surface area contributed by atoms with E-state index in [1.807, 2.05) is 26.0 Å². The molecule has 0 aromatic heterocycles. The van der Waals surface area contributed by atoms with Crippen molar-refractivity contribution in [3.63, 3.8) is 0 Å². The number of nitrogens with one attached hydrogen (secondary N) is 1. The van der Waals surface area contributed by atoms with E-state index < -0.39 is 11.9 Å². The number of hydrogen-bond acceptors (Lipinski definition) is 3. The van der Waals surface area contributed by atoms with Crippen molar-refractivity contribution in [3.8, 4) is 0 Å². The SMILES string of the molecule is CCN(CC)C(=O)Cc1ccc(NC(=O)N2CCC(C(=O)O)C2)cc1. The lowest BCUT2D eigenvalue weighted by Crippen LogP contribution is -2.33. The standard InChI is InChI=1S/C18H25N3O4/c1-3-20(4-2)16(22)11-13-5-7-15(8-6-13)19-18(25)21-10-9-14(12-21)17(23)24/h5-8,14H,3-4,9-12H2,1-2H3,(H,19,25)(H,23,24). The molecule has 3 amide bonds. The summed E-state index contributed by atoms with van der Waals surface area (Å²) in [6.07, 6.45) is 0.817. The summed E-state index contributed by atoms with van der Waals surface area (Å²) in [7, 11) is 0. The van der Waals surface area contributed by atoms with Crippen molar-refractivity contribution in [2.45, 2.75) is 26.7 Å². The molecule has 7 nitrogen and oxygen atoms in total. The summed E-state index contributed by atoms with van der Waals surface area (Å²) in [6.45, 7) is 5.96. The summed E-state index contributed by atoms with van der Waals surface area (Å²) in [5, 5.41) is 11.8. The second kappa shape index (κ2) is 8.50. The third-order valence-electron chi connectivity index (χ3n) is 4.50. The molecule has 25 heavy (non-hydrogen) atoms. The van der Waals surface area contributed by atoms with E-state index >= 15 is 0 Å². The van der Waals surface area contributed by atoms with Crippen LogP contribution in [0.5, 0.6) is 0 Å². The van der Waals surface area contributed by atoms with Crippen LogP contribution in [-0.4, -0.2) is 59.0 Å². The minimum Gasteiger partial charge on any atom is -0.481 e. The molecule has 0 aliphatic carbocycles. The number of carbonyl (C=O) groups is 3. The van der Waals surface area contributed by atoms with Crippen LogP contribution in [0, 0.1) is 5.92 Å². The van der Waals surface area contributed by atoms with Gasteiger partial charge in [0, 0.05) is 31.9 Å². The Morgan fingerprint density at radius 1 is 1.20 bits per heavy atom. The van der Waals surface area contributed by atoms with Crippen LogP contribution < -0.4 is 5.32 Å². The Bertz CT molecular complexity index is 626. The van der Waals surface area contributed by atoms with Crippen molar-refractivity contribution < 1.29 is 19.5 Å². The van der Waals surface area contributed by atoms with Crippen LogP contribution in [0.1, 0.15) is 25.8 Å². The maximum Gasteiger partial charge on any atom is 0.321 e. The highest BCUT2D eigenvalue weighted by molar-refractivity contribution is 5.90. The number of rotatable bonds is 6. The average molecular weight is 347 g/mol. The number of carbonyl (C=O) groups excluding carboxylic acids is 2. The van der Waals surface area contributed by atoms with Crippen molar-refractivity contribution in [1.82, 2.24) is 9.80 Å². The molecule has 7 heteroatoms. The monoisotopic (exact) mass is 347 g/mol. The Kier molecular flexibility index (Phi) is 6.38. The first kappa shape index (κ1) is 18.8. The van der Waals surface area contributed by atoms with Gasteiger partial charge in [0.25, 0.3) is 0 Å². The fraction of sp³-hybridized carbons (Fsp3) is 0.500. The molecule has 0 bridgehead atoms. The zero-order valence-corrected chi connectivity index (χ0v) is 14.7. The summed E-state index contributed by atoms with van der Waals surface area (Å²) >= 11 is 0. The van der Waals surface area contributed by atoms with Crippen LogP contribution in [0.15, 0.2) is 24.3 Å². The van der Waals surface area contributed by atoms with Gasteiger partial charge < -0.3 is 20.2 Å². The highest BCUT2D eigenvalue weighted by Crippen LogP contribution is 2.18. The Morgan fingerprint density at radius 3 is 2.36 bits per heavy atom. The van der Waals surface area contributed by atoms with Crippen LogP contribution in [0.25, 0.3) is 0 Å². The number of urea groups is 1. The van der Waals surface area contributed by atoms with Crippen molar-refractivity contribution in [2.75, 3.05) is 31.5 Å². The lowest BCUT2D eigenvalue weighted by molar-refractivity contribution is -0.141. The molecule has 1 aliphatic heterocycles. The molecule has 1 unspecified atom stereocenters. The highest BCUT2D eigenvalue weighted by atomic mass is 16.4. The first-order valence-electron chi connectivity index (χ1n) is 8.60. The first-order chi connectivity index (χ1) is 11.9. The third kappa shape index (κ3) is 4.95. The van der Waals surface area contributed by atoms with Crippen LogP contribution in [-0.2, 0) is 16.0 Å². The summed E-state index contributed by atoms with van der Waals surface area (Å²) < 4.78 is 0. The summed E-state index contributed by atoms with van der Waals surface area (Å²) in [6, 6.07) is 6.86. The van der Waals surface area contributed by atoms with Crippen LogP contribution >= 0.6 is 0 Å². The van der Waals surface area contributed by atoms with E-state index in [-0.39, 0.29) is 18.5 Å². The molecule has 0 saturated carbocycles. The largest absolute Gasteiger partial charge is 0.481 e. The van der Waals surface area contributed by atoms with Gasteiger partial charge in [-0.05, 0) is 38.0 Å². The zero-order valence-electron chi connectivity index (χ0n) is 14.7. The zero-order chi connectivity index (χ0) is 18.4. The fourth-order valence-electron chi connectivity index (χ4n) is 2.92. The summed E-state index contributed by atoms with van der Waals surface area (Å²) in [5.41, 5.74) is 1.52. The number of anilines is 1.